The van der Waals surface area contributed by atoms with Crippen LogP contribution in [-0.4, -0.2) is 11.1 Å². The molecule has 0 aromatic heterocycles. The Bertz CT molecular complexity index is 338. The molecule has 0 spiro atoms. The zero-order valence-corrected chi connectivity index (χ0v) is 6.33. The molecule has 0 aliphatic rings. The molecule has 0 heterocycles. The predicted molar refractivity (Wildman–Crippen MR) is 36.3 cm³/mol. The number of rotatable bonds is 2. The fourth-order valence-corrected chi connectivity index (χ4v) is 0.851. The second kappa shape index (κ2) is 3.49. The van der Waals surface area contributed by atoms with Crippen LogP contribution in [0, 0.1) is 11.6 Å². The number of carbonyl (C=O) groups is 1. The predicted octanol–water partition coefficient (Wildman–Crippen LogP) is -0.252. The number of hydrogen-bond donors (Lipinski definition) is 1. The summed E-state index contributed by atoms with van der Waals surface area (Å²) in [6.45, 7) is 0. The number of aliphatic hydroxyl groups excluding tert-OH is 1. The minimum absolute atomic E-state index is 0.607. The summed E-state index contributed by atoms with van der Waals surface area (Å²) in [4.78, 5) is 10.1. The zero-order valence-electron chi connectivity index (χ0n) is 6.33. The molecule has 1 N–H and O–H groups in total. The largest absolute Gasteiger partial charge is 0.547 e. The maximum Gasteiger partial charge on any atom is 0.129 e. The molecule has 5 heteroatoms. The second-order valence-corrected chi connectivity index (χ2v) is 2.39. The van der Waals surface area contributed by atoms with Crippen LogP contribution in [-0.2, 0) is 4.79 Å². The van der Waals surface area contributed by atoms with Gasteiger partial charge >= 0.3 is 0 Å². The van der Waals surface area contributed by atoms with Gasteiger partial charge in [-0.3, -0.25) is 0 Å². The summed E-state index contributed by atoms with van der Waals surface area (Å²) in [7, 11) is 0. The Balaban J connectivity index is 3.12. The number of carboxylic acids is 1. The monoisotopic (exact) mass is 187 g/mol. The smallest absolute Gasteiger partial charge is 0.129 e. The molecule has 1 atom stereocenters. The molecule has 0 aliphatic carbocycles. The first-order valence-corrected chi connectivity index (χ1v) is 3.36. The lowest BCUT2D eigenvalue weighted by Gasteiger charge is -2.12. The number of aliphatic hydroxyl groups is 1. The summed E-state index contributed by atoms with van der Waals surface area (Å²) in [6.07, 6.45) is -2.14. The molecular weight excluding hydrogens is 182 g/mol. The van der Waals surface area contributed by atoms with Crippen molar-refractivity contribution < 1.29 is 23.8 Å². The molecule has 0 saturated carbocycles. The minimum Gasteiger partial charge on any atom is -0.547 e. The summed E-state index contributed by atoms with van der Waals surface area (Å²) < 4.78 is 25.2. The topological polar surface area (TPSA) is 60.4 Å². The van der Waals surface area contributed by atoms with Gasteiger partial charge in [-0.05, 0) is 18.2 Å². The van der Waals surface area contributed by atoms with E-state index in [1.165, 1.54) is 0 Å². The third-order valence-corrected chi connectivity index (χ3v) is 1.48. The molecule has 13 heavy (non-hydrogen) atoms. The van der Waals surface area contributed by atoms with Gasteiger partial charge in [-0.2, -0.15) is 0 Å². The molecular formula is C8H5F2O3-. The van der Waals surface area contributed by atoms with E-state index < -0.39 is 29.3 Å². The highest BCUT2D eigenvalue weighted by Crippen LogP contribution is 2.17. The Labute approximate surface area is 72.2 Å². The summed E-state index contributed by atoms with van der Waals surface area (Å²) in [6, 6.07) is 2.16. The Hall–Kier alpha value is -1.49. The van der Waals surface area contributed by atoms with Crippen molar-refractivity contribution in [1.82, 2.24) is 0 Å². The lowest BCUT2D eigenvalue weighted by atomic mass is 10.1. The summed E-state index contributed by atoms with van der Waals surface area (Å²) in [5.74, 6) is -3.68. The average molecular weight is 187 g/mol. The Morgan fingerprint density at radius 1 is 1.46 bits per heavy atom. The average Bonchev–Trinajstić information content (AvgIpc) is 2.08. The van der Waals surface area contributed by atoms with Crippen LogP contribution in [0.5, 0.6) is 0 Å². The van der Waals surface area contributed by atoms with E-state index in [1.54, 1.807) is 0 Å². The van der Waals surface area contributed by atoms with Crippen LogP contribution in [0.25, 0.3) is 0 Å². The second-order valence-electron chi connectivity index (χ2n) is 2.39. The highest BCUT2D eigenvalue weighted by atomic mass is 19.1. The molecule has 70 valence electrons. The van der Waals surface area contributed by atoms with Gasteiger partial charge in [-0.25, -0.2) is 8.78 Å². The van der Waals surface area contributed by atoms with Crippen LogP contribution in [0.1, 0.15) is 11.7 Å². The van der Waals surface area contributed by atoms with Crippen molar-refractivity contribution in [2.75, 3.05) is 0 Å². The molecule has 0 unspecified atom stereocenters. The minimum atomic E-state index is -2.14. The van der Waals surface area contributed by atoms with E-state index in [-0.39, 0.29) is 0 Å². The normalized spacial score (nSPS) is 12.5. The van der Waals surface area contributed by atoms with E-state index in [2.05, 4.69) is 0 Å². The zero-order chi connectivity index (χ0) is 10.0. The van der Waals surface area contributed by atoms with Crippen molar-refractivity contribution in [3.8, 4) is 0 Å². The van der Waals surface area contributed by atoms with Crippen LogP contribution in [0.15, 0.2) is 18.2 Å². The van der Waals surface area contributed by atoms with Crippen molar-refractivity contribution >= 4 is 5.97 Å². The van der Waals surface area contributed by atoms with E-state index in [1.807, 2.05) is 0 Å². The summed E-state index contributed by atoms with van der Waals surface area (Å²) in [5, 5.41) is 18.9. The molecule has 0 radical (unpaired) electrons. The molecule has 0 fully saturated rings. The highest BCUT2D eigenvalue weighted by Gasteiger charge is 2.14. The fraction of sp³-hybridized carbons (Fsp3) is 0.125. The maximum absolute atomic E-state index is 12.8. The van der Waals surface area contributed by atoms with Gasteiger partial charge in [0.1, 0.15) is 17.7 Å². The summed E-state index contributed by atoms with van der Waals surface area (Å²) >= 11 is 0. The standard InChI is InChI=1S/C8H6F2O3/c9-4-1-2-6(10)5(3-4)7(11)8(12)13/h1-3,7,11H,(H,12,13)/p-1/t7-/m1/s1. The van der Waals surface area contributed by atoms with Gasteiger partial charge in [0.15, 0.2) is 0 Å². The lowest BCUT2D eigenvalue weighted by Crippen LogP contribution is -2.30. The first-order valence-electron chi connectivity index (χ1n) is 3.36. The van der Waals surface area contributed by atoms with Crippen LogP contribution in [0.4, 0.5) is 8.78 Å². The number of hydrogen-bond acceptors (Lipinski definition) is 3. The Kier molecular flexibility index (Phi) is 2.57. The Morgan fingerprint density at radius 3 is 2.62 bits per heavy atom. The number of halogens is 2. The maximum atomic E-state index is 12.8. The molecule has 1 aromatic carbocycles. The third-order valence-electron chi connectivity index (χ3n) is 1.48. The van der Waals surface area contributed by atoms with Crippen molar-refractivity contribution in [1.29, 1.82) is 0 Å². The van der Waals surface area contributed by atoms with Crippen LogP contribution in [0.2, 0.25) is 0 Å². The lowest BCUT2D eigenvalue weighted by molar-refractivity contribution is -0.315. The van der Waals surface area contributed by atoms with Gasteiger partial charge in [0.25, 0.3) is 0 Å². The molecule has 0 saturated heterocycles. The molecule has 0 amide bonds. The fourth-order valence-electron chi connectivity index (χ4n) is 0.851. The number of carboxylic acid groups (broad SMARTS) is 1. The van der Waals surface area contributed by atoms with E-state index in [0.29, 0.717) is 6.07 Å². The van der Waals surface area contributed by atoms with Crippen molar-refractivity contribution in [2.45, 2.75) is 6.10 Å². The summed E-state index contributed by atoms with van der Waals surface area (Å²) in [5.41, 5.74) is -0.639. The van der Waals surface area contributed by atoms with Crippen LogP contribution in [0.3, 0.4) is 0 Å². The van der Waals surface area contributed by atoms with Gasteiger partial charge in [0.2, 0.25) is 0 Å². The molecule has 1 aromatic rings. The van der Waals surface area contributed by atoms with E-state index >= 15 is 0 Å². The Morgan fingerprint density at radius 2 is 2.08 bits per heavy atom. The van der Waals surface area contributed by atoms with Crippen LogP contribution >= 0.6 is 0 Å². The molecule has 3 nitrogen and oxygen atoms in total. The molecule has 1 rings (SSSR count). The SMILES string of the molecule is O=C([O-])[C@H](O)c1cc(F)ccc1F. The highest BCUT2D eigenvalue weighted by molar-refractivity contribution is 5.71. The van der Waals surface area contributed by atoms with E-state index in [9.17, 15) is 18.7 Å². The van der Waals surface area contributed by atoms with E-state index in [4.69, 9.17) is 5.11 Å². The molecule has 0 bridgehead atoms. The van der Waals surface area contributed by atoms with Gasteiger partial charge in [0, 0.05) is 5.56 Å². The number of aliphatic carboxylic acids is 1. The van der Waals surface area contributed by atoms with Crippen molar-refractivity contribution in [3.05, 3.63) is 35.4 Å². The first-order chi connectivity index (χ1) is 6.02. The van der Waals surface area contributed by atoms with Gasteiger partial charge in [-0.1, -0.05) is 0 Å². The third kappa shape index (κ3) is 2.00. The van der Waals surface area contributed by atoms with Crippen molar-refractivity contribution in [2.24, 2.45) is 0 Å². The quantitative estimate of drug-likeness (QED) is 0.694. The van der Waals surface area contributed by atoms with Gasteiger partial charge in [-0.15, -0.1) is 0 Å². The first kappa shape index (κ1) is 9.60. The van der Waals surface area contributed by atoms with Gasteiger partial charge in [0.05, 0.1) is 5.97 Å². The van der Waals surface area contributed by atoms with Crippen molar-refractivity contribution in [3.63, 3.8) is 0 Å². The van der Waals surface area contributed by atoms with Crippen LogP contribution < -0.4 is 5.11 Å². The molecule has 0 aliphatic heterocycles. The van der Waals surface area contributed by atoms with Gasteiger partial charge < -0.3 is 15.0 Å². The van der Waals surface area contributed by atoms with E-state index in [0.717, 1.165) is 12.1 Å². The number of benzene rings is 1. The number of carbonyl (C=O) groups excluding carboxylic acids is 1.